The summed E-state index contributed by atoms with van der Waals surface area (Å²) in [6.45, 7) is 2.74. The fourth-order valence-electron chi connectivity index (χ4n) is 2.82. The molecule has 1 aromatic heterocycles. The van der Waals surface area contributed by atoms with Crippen LogP contribution in [0.4, 0.5) is 5.13 Å². The lowest BCUT2D eigenvalue weighted by molar-refractivity contribution is 0.0835. The number of ketones is 1. The molecule has 3 rings (SSSR count). The number of nitrogens with zero attached hydrogens (tertiary/aromatic N) is 2. The minimum atomic E-state index is 0.115. The predicted octanol–water partition coefficient (Wildman–Crippen LogP) is 3.47. The Kier molecular flexibility index (Phi) is 4.76. The highest BCUT2D eigenvalue weighted by Gasteiger charge is 2.26. The quantitative estimate of drug-likeness (QED) is 0.869. The molecule has 4 nitrogen and oxygen atoms in total. The van der Waals surface area contributed by atoms with Crippen molar-refractivity contribution in [1.29, 1.82) is 0 Å². The summed E-state index contributed by atoms with van der Waals surface area (Å²) in [5, 5.41) is 1.28. The van der Waals surface area contributed by atoms with Gasteiger partial charge in [0.2, 0.25) is 0 Å². The third-order valence-corrected chi connectivity index (χ3v) is 5.10. The first kappa shape index (κ1) is 15.5. The van der Waals surface area contributed by atoms with E-state index >= 15 is 0 Å². The van der Waals surface area contributed by atoms with Crippen LogP contribution in [-0.4, -0.2) is 28.8 Å². The van der Waals surface area contributed by atoms with E-state index in [1.54, 1.807) is 12.1 Å². The number of anilines is 1. The Morgan fingerprint density at radius 1 is 1.32 bits per heavy atom. The number of Topliss-reactive ketones (excluding diaryl/α,β-unsaturated/α-hetero) is 1. The van der Waals surface area contributed by atoms with Crippen LogP contribution in [0.5, 0.6) is 0 Å². The lowest BCUT2D eigenvalue weighted by Crippen LogP contribution is -2.35. The molecule has 22 heavy (non-hydrogen) atoms. The van der Waals surface area contributed by atoms with E-state index in [0.29, 0.717) is 10.2 Å². The number of carbonyl (C=O) groups is 1. The van der Waals surface area contributed by atoms with Gasteiger partial charge in [0.1, 0.15) is 0 Å². The average molecular weight is 336 g/mol. The summed E-state index contributed by atoms with van der Waals surface area (Å²) in [5.74, 6) is 0.349. The molecular weight excluding hydrogens is 318 g/mol. The Morgan fingerprint density at radius 2 is 2.00 bits per heavy atom. The maximum atomic E-state index is 12.5. The van der Waals surface area contributed by atoms with Crippen molar-refractivity contribution < 1.29 is 4.79 Å². The van der Waals surface area contributed by atoms with E-state index in [2.05, 4.69) is 9.88 Å². The molecule has 1 aromatic carbocycles. The largest absolute Gasteiger partial charge is 0.375 e. The average Bonchev–Trinajstić information content (AvgIpc) is 2.93. The van der Waals surface area contributed by atoms with Gasteiger partial charge in [-0.2, -0.15) is 0 Å². The van der Waals surface area contributed by atoms with Gasteiger partial charge in [-0.15, -0.1) is 11.3 Å². The molecule has 1 aliphatic rings. The number of benzene rings is 1. The number of halogens is 1. The smallest absolute Gasteiger partial charge is 0.180 e. The molecule has 6 heteroatoms. The zero-order valence-corrected chi connectivity index (χ0v) is 13.7. The Balaban J connectivity index is 1.55. The van der Waals surface area contributed by atoms with E-state index in [-0.39, 0.29) is 11.7 Å². The van der Waals surface area contributed by atoms with Gasteiger partial charge < -0.3 is 5.73 Å². The standard InChI is InChI=1S/C16H18ClN3OS/c17-13-3-1-11(2-4-13)15(21)12-5-7-20(8-6-12)10-14-9-19-16(18)22-14/h1-4,9,12H,5-8,10H2,(H2,18,19). The molecule has 0 atom stereocenters. The molecule has 2 aromatic rings. The molecule has 0 bridgehead atoms. The number of likely N-dealkylation sites (tertiary alicyclic amines) is 1. The van der Waals surface area contributed by atoms with Crippen LogP contribution in [0.2, 0.25) is 5.02 Å². The van der Waals surface area contributed by atoms with Gasteiger partial charge in [0.05, 0.1) is 0 Å². The van der Waals surface area contributed by atoms with Gasteiger partial charge in [0.15, 0.2) is 10.9 Å². The first-order valence-corrected chi connectivity index (χ1v) is 8.53. The molecule has 2 N–H and O–H groups in total. The van der Waals surface area contributed by atoms with Crippen LogP contribution >= 0.6 is 22.9 Å². The highest BCUT2D eigenvalue weighted by molar-refractivity contribution is 7.15. The van der Waals surface area contributed by atoms with E-state index in [1.165, 1.54) is 16.2 Å². The molecule has 1 aliphatic heterocycles. The normalized spacial score (nSPS) is 16.8. The fraction of sp³-hybridized carbons (Fsp3) is 0.375. The molecule has 0 saturated carbocycles. The van der Waals surface area contributed by atoms with Crippen LogP contribution in [0.15, 0.2) is 30.5 Å². The lowest BCUT2D eigenvalue weighted by Gasteiger charge is -2.30. The number of aromatic nitrogens is 1. The second-order valence-electron chi connectivity index (χ2n) is 5.59. The number of carbonyl (C=O) groups excluding carboxylic acids is 1. The molecule has 0 spiro atoms. The zero-order chi connectivity index (χ0) is 15.5. The SMILES string of the molecule is Nc1ncc(CN2CCC(C(=O)c3ccc(Cl)cc3)CC2)s1. The summed E-state index contributed by atoms with van der Waals surface area (Å²) in [4.78, 5) is 20.1. The summed E-state index contributed by atoms with van der Waals surface area (Å²) in [6.07, 6.45) is 3.64. The van der Waals surface area contributed by atoms with E-state index in [0.717, 1.165) is 38.0 Å². The molecule has 1 fully saturated rings. The zero-order valence-electron chi connectivity index (χ0n) is 12.2. The van der Waals surface area contributed by atoms with Crippen molar-refractivity contribution in [2.75, 3.05) is 18.8 Å². The Morgan fingerprint density at radius 3 is 2.59 bits per heavy atom. The number of thiazole rings is 1. The number of rotatable bonds is 4. The molecule has 0 aliphatic carbocycles. The topological polar surface area (TPSA) is 59.2 Å². The third-order valence-electron chi connectivity index (χ3n) is 4.04. The van der Waals surface area contributed by atoms with Crippen molar-refractivity contribution in [3.63, 3.8) is 0 Å². The van der Waals surface area contributed by atoms with Crippen molar-refractivity contribution >= 4 is 33.9 Å². The maximum absolute atomic E-state index is 12.5. The second-order valence-corrected chi connectivity index (χ2v) is 7.17. The minimum absolute atomic E-state index is 0.115. The summed E-state index contributed by atoms with van der Waals surface area (Å²) in [7, 11) is 0. The maximum Gasteiger partial charge on any atom is 0.180 e. The van der Waals surface area contributed by atoms with Gasteiger partial charge in [-0.1, -0.05) is 11.6 Å². The molecular formula is C16H18ClN3OS. The highest BCUT2D eigenvalue weighted by atomic mass is 35.5. The molecule has 2 heterocycles. The summed E-state index contributed by atoms with van der Waals surface area (Å²) >= 11 is 7.40. The number of nitrogens with two attached hydrogens (primary N) is 1. The van der Waals surface area contributed by atoms with E-state index < -0.39 is 0 Å². The van der Waals surface area contributed by atoms with Crippen LogP contribution in [-0.2, 0) is 6.54 Å². The minimum Gasteiger partial charge on any atom is -0.375 e. The summed E-state index contributed by atoms with van der Waals surface area (Å²) in [6, 6.07) is 7.19. The van der Waals surface area contributed by atoms with Gasteiger partial charge >= 0.3 is 0 Å². The summed E-state index contributed by atoms with van der Waals surface area (Å²) in [5.41, 5.74) is 6.42. The van der Waals surface area contributed by atoms with Gasteiger partial charge in [-0.05, 0) is 50.2 Å². The van der Waals surface area contributed by atoms with E-state index in [9.17, 15) is 4.79 Å². The van der Waals surface area contributed by atoms with Crippen LogP contribution < -0.4 is 5.73 Å². The number of piperidine rings is 1. The van der Waals surface area contributed by atoms with Crippen molar-refractivity contribution in [2.24, 2.45) is 5.92 Å². The number of hydrogen-bond donors (Lipinski definition) is 1. The van der Waals surface area contributed by atoms with Crippen LogP contribution in [0.25, 0.3) is 0 Å². The third kappa shape index (κ3) is 3.66. The van der Waals surface area contributed by atoms with Gasteiger partial charge in [-0.25, -0.2) is 4.98 Å². The summed E-state index contributed by atoms with van der Waals surface area (Å²) < 4.78 is 0. The van der Waals surface area contributed by atoms with Crippen molar-refractivity contribution in [1.82, 2.24) is 9.88 Å². The predicted molar refractivity (Wildman–Crippen MR) is 90.3 cm³/mol. The Hall–Kier alpha value is -1.43. The van der Waals surface area contributed by atoms with E-state index in [1.807, 2.05) is 18.3 Å². The monoisotopic (exact) mass is 335 g/mol. The number of hydrogen-bond acceptors (Lipinski definition) is 5. The lowest BCUT2D eigenvalue weighted by atomic mass is 9.89. The van der Waals surface area contributed by atoms with Crippen LogP contribution in [0.3, 0.4) is 0 Å². The molecule has 0 unspecified atom stereocenters. The van der Waals surface area contributed by atoms with Gasteiger partial charge in [0.25, 0.3) is 0 Å². The van der Waals surface area contributed by atoms with Gasteiger partial charge in [0, 0.05) is 34.1 Å². The fourth-order valence-corrected chi connectivity index (χ4v) is 3.67. The first-order chi connectivity index (χ1) is 10.6. The Labute approximate surface area is 138 Å². The van der Waals surface area contributed by atoms with Crippen LogP contribution in [0, 0.1) is 5.92 Å². The molecule has 116 valence electrons. The first-order valence-electron chi connectivity index (χ1n) is 7.34. The van der Waals surface area contributed by atoms with Crippen LogP contribution in [0.1, 0.15) is 28.1 Å². The second kappa shape index (κ2) is 6.77. The van der Waals surface area contributed by atoms with Gasteiger partial charge in [-0.3, -0.25) is 9.69 Å². The molecule has 1 saturated heterocycles. The molecule has 0 amide bonds. The van der Waals surface area contributed by atoms with Crippen molar-refractivity contribution in [2.45, 2.75) is 19.4 Å². The van der Waals surface area contributed by atoms with Crippen molar-refractivity contribution in [3.8, 4) is 0 Å². The van der Waals surface area contributed by atoms with E-state index in [4.69, 9.17) is 17.3 Å². The van der Waals surface area contributed by atoms with Crippen molar-refractivity contribution in [3.05, 3.63) is 45.9 Å². The molecule has 0 radical (unpaired) electrons. The number of nitrogen functional groups attached to an aromatic ring is 1. The Bertz CT molecular complexity index is 648. The highest BCUT2D eigenvalue weighted by Crippen LogP contribution is 2.25.